The van der Waals surface area contributed by atoms with Crippen molar-refractivity contribution < 1.29 is 22.7 Å². The van der Waals surface area contributed by atoms with Crippen molar-refractivity contribution >= 4 is 15.9 Å². The molecule has 1 saturated heterocycles. The molecule has 0 unspecified atom stereocenters. The maximum absolute atomic E-state index is 11.7. The van der Waals surface area contributed by atoms with Gasteiger partial charge >= 0.3 is 0 Å². The molecule has 1 atom stereocenters. The summed E-state index contributed by atoms with van der Waals surface area (Å²) in [6, 6.07) is 6.04. The van der Waals surface area contributed by atoms with Gasteiger partial charge < -0.3 is 14.8 Å². The monoisotopic (exact) mass is 342 g/mol. The topological polar surface area (TPSA) is 108 Å². The summed E-state index contributed by atoms with van der Waals surface area (Å²) in [6.45, 7) is 1.47. The summed E-state index contributed by atoms with van der Waals surface area (Å²) < 4.78 is 33.1. The Morgan fingerprint density at radius 3 is 2.65 bits per heavy atom. The lowest BCUT2D eigenvalue weighted by Crippen LogP contribution is -2.30. The molecule has 23 heavy (non-hydrogen) atoms. The van der Waals surface area contributed by atoms with Gasteiger partial charge in [0.05, 0.1) is 17.6 Å². The Labute approximate surface area is 136 Å². The van der Waals surface area contributed by atoms with Crippen molar-refractivity contribution in [1.82, 2.24) is 5.32 Å². The van der Waals surface area contributed by atoms with Crippen LogP contribution in [0, 0.1) is 0 Å². The molecule has 0 spiro atoms. The second kappa shape index (κ2) is 8.39. The summed E-state index contributed by atoms with van der Waals surface area (Å²) >= 11 is 0. The smallest absolute Gasteiger partial charge is 0.246 e. The Balaban J connectivity index is 1.67. The minimum absolute atomic E-state index is 0.0187. The maximum atomic E-state index is 11.7. The van der Waals surface area contributed by atoms with E-state index in [2.05, 4.69) is 5.32 Å². The predicted octanol–water partition coefficient (Wildman–Crippen LogP) is 0.536. The van der Waals surface area contributed by atoms with Gasteiger partial charge in [-0.05, 0) is 37.0 Å². The Bertz CT molecular complexity index is 609. The molecule has 0 radical (unpaired) electrons. The van der Waals surface area contributed by atoms with E-state index in [0.29, 0.717) is 13.2 Å². The van der Waals surface area contributed by atoms with Gasteiger partial charge in [-0.15, -0.1) is 0 Å². The van der Waals surface area contributed by atoms with Gasteiger partial charge in [-0.1, -0.05) is 12.1 Å². The largest absolute Gasteiger partial charge is 0.376 e. The molecular formula is C15H22N2O5S. The standard InChI is InChI=1S/C15H22N2O5S/c16-23(19,20)14-6-4-12(5-7-14)9-17-15(18)11-21-10-13-3-1-2-8-22-13/h4-7,13H,1-3,8-11H2,(H,17,18)(H2,16,19,20)/t13-/m1/s1. The van der Waals surface area contributed by atoms with Crippen LogP contribution in [0.3, 0.4) is 0 Å². The number of sulfonamides is 1. The summed E-state index contributed by atoms with van der Waals surface area (Å²) in [5, 5.41) is 7.73. The molecule has 1 amide bonds. The predicted molar refractivity (Wildman–Crippen MR) is 84.1 cm³/mol. The number of nitrogens with two attached hydrogens (primary N) is 1. The highest BCUT2D eigenvalue weighted by atomic mass is 32.2. The van der Waals surface area contributed by atoms with Gasteiger partial charge in [0.2, 0.25) is 15.9 Å². The van der Waals surface area contributed by atoms with Gasteiger partial charge in [-0.3, -0.25) is 4.79 Å². The van der Waals surface area contributed by atoms with Crippen LogP contribution in [-0.2, 0) is 30.8 Å². The van der Waals surface area contributed by atoms with Crippen molar-refractivity contribution in [3.8, 4) is 0 Å². The molecule has 7 nitrogen and oxygen atoms in total. The summed E-state index contributed by atoms with van der Waals surface area (Å²) in [5.41, 5.74) is 0.779. The first-order valence-corrected chi connectivity index (χ1v) is 9.07. The SMILES string of the molecule is NS(=O)(=O)c1ccc(CNC(=O)COC[C@H]2CCCCO2)cc1. The molecule has 3 N–H and O–H groups in total. The quantitative estimate of drug-likeness (QED) is 0.752. The third-order valence-corrected chi connectivity index (χ3v) is 4.48. The highest BCUT2D eigenvalue weighted by Crippen LogP contribution is 2.12. The Kier molecular flexibility index (Phi) is 6.52. The summed E-state index contributed by atoms with van der Waals surface area (Å²) in [4.78, 5) is 11.7. The molecule has 0 aromatic heterocycles. The van der Waals surface area contributed by atoms with E-state index >= 15 is 0 Å². The lowest BCUT2D eigenvalue weighted by molar-refractivity contribution is -0.128. The molecule has 128 valence electrons. The molecule has 1 aromatic rings. The molecule has 2 rings (SSSR count). The average Bonchev–Trinajstić information content (AvgIpc) is 2.53. The van der Waals surface area contributed by atoms with Crippen molar-refractivity contribution in [3.05, 3.63) is 29.8 Å². The van der Waals surface area contributed by atoms with E-state index in [1.807, 2.05) is 0 Å². The number of carbonyl (C=O) groups excluding carboxylic acids is 1. The molecule has 1 aliphatic rings. The fraction of sp³-hybridized carbons (Fsp3) is 0.533. The number of primary sulfonamides is 1. The number of amides is 1. The van der Waals surface area contributed by atoms with E-state index in [1.165, 1.54) is 12.1 Å². The van der Waals surface area contributed by atoms with Crippen LogP contribution in [-0.4, -0.2) is 40.2 Å². The van der Waals surface area contributed by atoms with Crippen LogP contribution in [0.25, 0.3) is 0 Å². The molecule has 8 heteroatoms. The Morgan fingerprint density at radius 2 is 2.04 bits per heavy atom. The number of rotatable bonds is 7. The van der Waals surface area contributed by atoms with Gasteiger partial charge in [-0.2, -0.15) is 0 Å². The molecular weight excluding hydrogens is 320 g/mol. The maximum Gasteiger partial charge on any atom is 0.246 e. The Hall–Kier alpha value is -1.48. The number of ether oxygens (including phenoxy) is 2. The van der Waals surface area contributed by atoms with Gasteiger partial charge in [-0.25, -0.2) is 13.6 Å². The molecule has 1 aliphatic heterocycles. The van der Waals surface area contributed by atoms with Crippen LogP contribution in [0.2, 0.25) is 0 Å². The van der Waals surface area contributed by atoms with Gasteiger partial charge in [0.1, 0.15) is 6.61 Å². The highest BCUT2D eigenvalue weighted by Gasteiger charge is 2.14. The number of carbonyl (C=O) groups is 1. The second-order valence-electron chi connectivity index (χ2n) is 5.47. The van der Waals surface area contributed by atoms with E-state index in [-0.39, 0.29) is 23.5 Å². The molecule has 1 heterocycles. The van der Waals surface area contributed by atoms with Gasteiger partial charge in [0.15, 0.2) is 0 Å². The lowest BCUT2D eigenvalue weighted by Gasteiger charge is -2.22. The fourth-order valence-electron chi connectivity index (χ4n) is 2.27. The Morgan fingerprint density at radius 1 is 1.30 bits per heavy atom. The minimum Gasteiger partial charge on any atom is -0.376 e. The van der Waals surface area contributed by atoms with Crippen LogP contribution in [0.15, 0.2) is 29.2 Å². The third-order valence-electron chi connectivity index (χ3n) is 3.55. The van der Waals surface area contributed by atoms with Crippen molar-refractivity contribution in [1.29, 1.82) is 0 Å². The zero-order valence-electron chi connectivity index (χ0n) is 12.9. The lowest BCUT2D eigenvalue weighted by atomic mass is 10.1. The van der Waals surface area contributed by atoms with E-state index in [0.717, 1.165) is 31.4 Å². The normalized spacial score (nSPS) is 18.6. The molecule has 1 aromatic carbocycles. The number of hydrogen-bond acceptors (Lipinski definition) is 5. The minimum atomic E-state index is -3.69. The van der Waals surface area contributed by atoms with Gasteiger partial charge in [0.25, 0.3) is 0 Å². The number of hydrogen-bond donors (Lipinski definition) is 2. The summed E-state index contributed by atoms with van der Waals surface area (Å²) in [6.07, 6.45) is 3.27. The zero-order valence-corrected chi connectivity index (χ0v) is 13.7. The molecule has 0 saturated carbocycles. The van der Waals surface area contributed by atoms with E-state index in [1.54, 1.807) is 12.1 Å². The van der Waals surface area contributed by atoms with E-state index in [9.17, 15) is 13.2 Å². The van der Waals surface area contributed by atoms with Crippen LogP contribution in [0.5, 0.6) is 0 Å². The highest BCUT2D eigenvalue weighted by molar-refractivity contribution is 7.89. The molecule has 0 aliphatic carbocycles. The van der Waals surface area contributed by atoms with Gasteiger partial charge in [0, 0.05) is 13.2 Å². The van der Waals surface area contributed by atoms with E-state index < -0.39 is 10.0 Å². The van der Waals surface area contributed by atoms with Crippen molar-refractivity contribution in [3.63, 3.8) is 0 Å². The second-order valence-corrected chi connectivity index (χ2v) is 7.03. The van der Waals surface area contributed by atoms with Crippen molar-refractivity contribution in [2.24, 2.45) is 5.14 Å². The zero-order chi connectivity index (χ0) is 16.7. The van der Waals surface area contributed by atoms with Crippen molar-refractivity contribution in [2.75, 3.05) is 19.8 Å². The van der Waals surface area contributed by atoms with Crippen LogP contribution < -0.4 is 10.5 Å². The van der Waals surface area contributed by atoms with Crippen molar-refractivity contribution in [2.45, 2.75) is 36.8 Å². The third kappa shape index (κ3) is 6.26. The first kappa shape index (κ1) is 17.9. The first-order chi connectivity index (χ1) is 10.9. The molecule has 1 fully saturated rings. The van der Waals surface area contributed by atoms with E-state index in [4.69, 9.17) is 14.6 Å². The average molecular weight is 342 g/mol. The van der Waals surface area contributed by atoms with Crippen LogP contribution in [0.1, 0.15) is 24.8 Å². The van der Waals surface area contributed by atoms with Crippen LogP contribution >= 0.6 is 0 Å². The summed E-state index contributed by atoms with van der Waals surface area (Å²) in [7, 11) is -3.69. The number of benzene rings is 1. The van der Waals surface area contributed by atoms with Crippen LogP contribution in [0.4, 0.5) is 0 Å². The molecule has 0 bridgehead atoms. The first-order valence-electron chi connectivity index (χ1n) is 7.53. The fourth-order valence-corrected chi connectivity index (χ4v) is 2.79. The summed E-state index contributed by atoms with van der Waals surface area (Å²) in [5.74, 6) is -0.226. The number of nitrogens with one attached hydrogen (secondary N) is 1.